The number of aryl methyl sites for hydroxylation is 1. The summed E-state index contributed by atoms with van der Waals surface area (Å²) in [5, 5.41) is 0.637. The number of benzene rings is 3. The van der Waals surface area contributed by atoms with E-state index in [0.29, 0.717) is 39.5 Å². The molecule has 0 aliphatic rings. The largest absolute Gasteiger partial charge is 0.497 e. The molecule has 158 valence electrons. The molecule has 0 saturated carbocycles. The summed E-state index contributed by atoms with van der Waals surface area (Å²) in [6.07, 6.45) is 0. The SMILES string of the molecule is COc1cccc(Oc2c(C)oc3cc(OCc4ccc(F)cc4Cl)ccc3c2=O)c1. The van der Waals surface area contributed by atoms with Gasteiger partial charge in [-0.05, 0) is 43.3 Å². The van der Waals surface area contributed by atoms with Crippen molar-refractivity contribution in [2.45, 2.75) is 13.5 Å². The molecule has 0 unspecified atom stereocenters. The zero-order valence-electron chi connectivity index (χ0n) is 16.8. The summed E-state index contributed by atoms with van der Waals surface area (Å²) >= 11 is 6.03. The van der Waals surface area contributed by atoms with Gasteiger partial charge in [-0.25, -0.2) is 4.39 Å². The van der Waals surface area contributed by atoms with Crippen LogP contribution in [-0.2, 0) is 6.61 Å². The summed E-state index contributed by atoms with van der Waals surface area (Å²) in [4.78, 5) is 13.0. The quantitative estimate of drug-likeness (QED) is 0.353. The van der Waals surface area contributed by atoms with E-state index in [1.54, 1.807) is 62.6 Å². The van der Waals surface area contributed by atoms with Crippen LogP contribution in [0.4, 0.5) is 4.39 Å². The Balaban J connectivity index is 1.60. The fourth-order valence-electron chi connectivity index (χ4n) is 3.06. The Morgan fingerprint density at radius 2 is 1.81 bits per heavy atom. The fourth-order valence-corrected chi connectivity index (χ4v) is 3.28. The molecule has 0 spiro atoms. The van der Waals surface area contributed by atoms with Gasteiger partial charge in [0.2, 0.25) is 11.2 Å². The maximum atomic E-state index is 13.2. The van der Waals surface area contributed by atoms with Crippen molar-refractivity contribution >= 4 is 22.6 Å². The Bertz CT molecular complexity index is 1320. The fraction of sp³-hybridized carbons (Fsp3) is 0.125. The molecule has 0 bridgehead atoms. The molecule has 1 heterocycles. The predicted molar refractivity (Wildman–Crippen MR) is 116 cm³/mol. The van der Waals surface area contributed by atoms with E-state index in [1.165, 1.54) is 12.1 Å². The molecule has 0 radical (unpaired) electrons. The van der Waals surface area contributed by atoms with Crippen molar-refractivity contribution in [3.05, 3.63) is 93.1 Å². The third-order valence-electron chi connectivity index (χ3n) is 4.66. The van der Waals surface area contributed by atoms with E-state index in [9.17, 15) is 9.18 Å². The Morgan fingerprint density at radius 1 is 1.00 bits per heavy atom. The molecule has 0 aliphatic heterocycles. The summed E-state index contributed by atoms with van der Waals surface area (Å²) < 4.78 is 35.7. The highest BCUT2D eigenvalue weighted by atomic mass is 35.5. The topological polar surface area (TPSA) is 57.9 Å². The molecule has 3 aromatic carbocycles. The maximum absolute atomic E-state index is 13.2. The lowest BCUT2D eigenvalue weighted by Crippen LogP contribution is -2.07. The lowest BCUT2D eigenvalue weighted by atomic mass is 10.2. The molecular formula is C24H18ClFO5. The van der Waals surface area contributed by atoms with Gasteiger partial charge in [0, 0.05) is 17.7 Å². The second-order valence-electron chi connectivity index (χ2n) is 6.78. The number of hydrogen-bond acceptors (Lipinski definition) is 5. The van der Waals surface area contributed by atoms with Gasteiger partial charge in [-0.3, -0.25) is 4.79 Å². The average Bonchev–Trinajstić information content (AvgIpc) is 2.76. The number of rotatable bonds is 6. The van der Waals surface area contributed by atoms with Gasteiger partial charge in [0.15, 0.2) is 0 Å². The minimum Gasteiger partial charge on any atom is -0.497 e. The Hall–Kier alpha value is -3.51. The van der Waals surface area contributed by atoms with Crippen LogP contribution in [0.25, 0.3) is 11.0 Å². The summed E-state index contributed by atoms with van der Waals surface area (Å²) in [7, 11) is 1.55. The van der Waals surface area contributed by atoms with Crippen LogP contribution < -0.4 is 19.6 Å². The molecule has 0 saturated heterocycles. The van der Waals surface area contributed by atoms with Crippen LogP contribution in [0.5, 0.6) is 23.0 Å². The molecule has 0 aliphatic carbocycles. The normalized spacial score (nSPS) is 10.8. The molecule has 5 nitrogen and oxygen atoms in total. The third-order valence-corrected chi connectivity index (χ3v) is 5.01. The average molecular weight is 441 g/mol. The summed E-state index contributed by atoms with van der Waals surface area (Å²) in [6.45, 7) is 1.80. The number of fused-ring (bicyclic) bond motifs is 1. The second kappa shape index (κ2) is 8.70. The van der Waals surface area contributed by atoms with Crippen molar-refractivity contribution in [1.29, 1.82) is 0 Å². The third kappa shape index (κ3) is 4.49. The molecule has 0 atom stereocenters. The van der Waals surface area contributed by atoms with Crippen LogP contribution in [0.15, 0.2) is 69.9 Å². The van der Waals surface area contributed by atoms with Crippen molar-refractivity contribution < 1.29 is 23.0 Å². The molecule has 1 aromatic heterocycles. The molecule has 4 rings (SSSR count). The van der Waals surface area contributed by atoms with Gasteiger partial charge < -0.3 is 18.6 Å². The number of hydrogen-bond donors (Lipinski definition) is 0. The van der Waals surface area contributed by atoms with Gasteiger partial charge in [0.25, 0.3) is 0 Å². The van der Waals surface area contributed by atoms with Gasteiger partial charge in [0.1, 0.15) is 41.0 Å². The lowest BCUT2D eigenvalue weighted by molar-refractivity contribution is 0.306. The van der Waals surface area contributed by atoms with Crippen LogP contribution in [0.2, 0.25) is 5.02 Å². The smallest absolute Gasteiger partial charge is 0.235 e. The molecule has 4 aromatic rings. The molecule has 31 heavy (non-hydrogen) atoms. The summed E-state index contributed by atoms with van der Waals surface area (Å²) in [6, 6.07) is 15.9. The maximum Gasteiger partial charge on any atom is 0.235 e. The highest BCUT2D eigenvalue weighted by Crippen LogP contribution is 2.29. The Morgan fingerprint density at radius 3 is 2.58 bits per heavy atom. The van der Waals surface area contributed by atoms with Crippen LogP contribution in [0.1, 0.15) is 11.3 Å². The molecule has 0 N–H and O–H groups in total. The van der Waals surface area contributed by atoms with E-state index in [1.807, 2.05) is 0 Å². The minimum absolute atomic E-state index is 0.104. The Kier molecular flexibility index (Phi) is 5.82. The van der Waals surface area contributed by atoms with Gasteiger partial charge in [-0.2, -0.15) is 0 Å². The first-order chi connectivity index (χ1) is 14.9. The first kappa shape index (κ1) is 20.8. The highest BCUT2D eigenvalue weighted by molar-refractivity contribution is 6.31. The van der Waals surface area contributed by atoms with Crippen LogP contribution in [0, 0.1) is 12.7 Å². The van der Waals surface area contributed by atoms with Crippen molar-refractivity contribution in [2.24, 2.45) is 0 Å². The van der Waals surface area contributed by atoms with Crippen molar-refractivity contribution in [3.63, 3.8) is 0 Å². The molecule has 7 heteroatoms. The van der Waals surface area contributed by atoms with Crippen LogP contribution >= 0.6 is 11.6 Å². The number of methoxy groups -OCH3 is 1. The summed E-state index contributed by atoms with van der Waals surface area (Å²) in [5.41, 5.74) is 0.709. The van der Waals surface area contributed by atoms with Gasteiger partial charge in [-0.1, -0.05) is 23.7 Å². The second-order valence-corrected chi connectivity index (χ2v) is 7.19. The highest BCUT2D eigenvalue weighted by Gasteiger charge is 2.15. The van der Waals surface area contributed by atoms with Gasteiger partial charge >= 0.3 is 0 Å². The predicted octanol–water partition coefficient (Wildman–Crippen LogP) is 6.27. The number of ether oxygens (including phenoxy) is 3. The van der Waals surface area contributed by atoms with E-state index < -0.39 is 5.82 Å². The molecule has 0 amide bonds. The first-order valence-electron chi connectivity index (χ1n) is 9.40. The zero-order valence-corrected chi connectivity index (χ0v) is 17.5. The Labute approximate surface area is 182 Å². The zero-order chi connectivity index (χ0) is 22.0. The van der Waals surface area contributed by atoms with Crippen LogP contribution in [0.3, 0.4) is 0 Å². The van der Waals surface area contributed by atoms with Crippen molar-refractivity contribution in [3.8, 4) is 23.0 Å². The minimum atomic E-state index is -0.413. The number of halogens is 2. The van der Waals surface area contributed by atoms with E-state index in [4.69, 9.17) is 30.2 Å². The van der Waals surface area contributed by atoms with E-state index >= 15 is 0 Å². The van der Waals surface area contributed by atoms with Crippen molar-refractivity contribution in [1.82, 2.24) is 0 Å². The van der Waals surface area contributed by atoms with E-state index in [2.05, 4.69) is 0 Å². The van der Waals surface area contributed by atoms with Crippen molar-refractivity contribution in [2.75, 3.05) is 7.11 Å². The van der Waals surface area contributed by atoms with E-state index in [0.717, 1.165) is 0 Å². The van der Waals surface area contributed by atoms with E-state index in [-0.39, 0.29) is 22.8 Å². The molecule has 0 fully saturated rings. The summed E-state index contributed by atoms with van der Waals surface area (Å²) in [5.74, 6) is 1.58. The molecular weight excluding hydrogens is 423 g/mol. The van der Waals surface area contributed by atoms with Crippen LogP contribution in [-0.4, -0.2) is 7.11 Å². The monoisotopic (exact) mass is 440 g/mol. The lowest BCUT2D eigenvalue weighted by Gasteiger charge is -2.11. The standard InChI is InChI=1S/C24H18ClFO5/c1-14-24(31-19-5-3-4-17(11-19)28-2)23(27)20-9-8-18(12-22(20)30-14)29-13-15-6-7-16(26)10-21(15)25/h3-12H,13H2,1-2H3. The van der Waals surface area contributed by atoms with Gasteiger partial charge in [0.05, 0.1) is 17.5 Å². The first-order valence-corrected chi connectivity index (χ1v) is 9.78. The van der Waals surface area contributed by atoms with Gasteiger partial charge in [-0.15, -0.1) is 0 Å².